The summed E-state index contributed by atoms with van der Waals surface area (Å²) in [5.41, 5.74) is 2.09. The van der Waals surface area contributed by atoms with E-state index in [0.29, 0.717) is 18.4 Å². The van der Waals surface area contributed by atoms with Crippen molar-refractivity contribution < 1.29 is 13.9 Å². The lowest BCUT2D eigenvalue weighted by Gasteiger charge is -2.06. The predicted octanol–water partition coefficient (Wildman–Crippen LogP) is 4.41. The van der Waals surface area contributed by atoms with E-state index in [9.17, 15) is 0 Å². The Bertz CT molecular complexity index is 764. The number of hydrogen-bond donors (Lipinski definition) is 0. The zero-order valence-electron chi connectivity index (χ0n) is 13.9. The number of aromatic nitrogens is 2. The number of nitrogens with zero attached hydrogens (tertiary/aromatic N) is 2. The SMILES string of the molecule is CCCOc1ccc(OCc2nnc(-c3ccc(C)cc3)o2)cc1. The summed E-state index contributed by atoms with van der Waals surface area (Å²) in [6.07, 6.45) is 0.985. The van der Waals surface area contributed by atoms with Crippen molar-refractivity contribution in [3.63, 3.8) is 0 Å². The van der Waals surface area contributed by atoms with Crippen molar-refractivity contribution in [3.05, 3.63) is 60.0 Å². The molecule has 0 saturated heterocycles. The Morgan fingerprint density at radius 3 is 2.21 bits per heavy atom. The van der Waals surface area contributed by atoms with Crippen LogP contribution in [-0.4, -0.2) is 16.8 Å². The van der Waals surface area contributed by atoms with Crippen molar-refractivity contribution in [2.45, 2.75) is 26.9 Å². The topological polar surface area (TPSA) is 57.4 Å². The Kier molecular flexibility index (Phi) is 5.11. The zero-order valence-corrected chi connectivity index (χ0v) is 13.9. The van der Waals surface area contributed by atoms with Gasteiger partial charge in [0.05, 0.1) is 6.61 Å². The molecule has 2 aromatic carbocycles. The van der Waals surface area contributed by atoms with E-state index >= 15 is 0 Å². The highest BCUT2D eigenvalue weighted by Gasteiger charge is 2.09. The van der Waals surface area contributed by atoms with E-state index in [2.05, 4.69) is 17.1 Å². The maximum absolute atomic E-state index is 5.67. The van der Waals surface area contributed by atoms with Gasteiger partial charge in [0.25, 0.3) is 5.89 Å². The smallest absolute Gasteiger partial charge is 0.254 e. The average Bonchev–Trinajstić information content (AvgIpc) is 3.09. The van der Waals surface area contributed by atoms with Gasteiger partial charge in [0.1, 0.15) is 11.5 Å². The van der Waals surface area contributed by atoms with Crippen LogP contribution in [0.15, 0.2) is 52.9 Å². The molecule has 0 saturated carbocycles. The van der Waals surface area contributed by atoms with Gasteiger partial charge in [0, 0.05) is 5.56 Å². The van der Waals surface area contributed by atoms with Gasteiger partial charge in [-0.1, -0.05) is 24.6 Å². The Hall–Kier alpha value is -2.82. The molecule has 3 rings (SSSR count). The number of aryl methyl sites for hydroxylation is 1. The van der Waals surface area contributed by atoms with Crippen LogP contribution in [0.4, 0.5) is 0 Å². The molecule has 0 fully saturated rings. The second kappa shape index (κ2) is 7.64. The molecule has 0 amide bonds. The predicted molar refractivity (Wildman–Crippen MR) is 91.0 cm³/mol. The van der Waals surface area contributed by atoms with E-state index in [1.165, 1.54) is 5.56 Å². The second-order valence-corrected chi connectivity index (χ2v) is 5.48. The van der Waals surface area contributed by atoms with Gasteiger partial charge in [-0.2, -0.15) is 0 Å². The summed E-state index contributed by atoms with van der Waals surface area (Å²) in [5, 5.41) is 8.08. The zero-order chi connectivity index (χ0) is 16.8. The van der Waals surface area contributed by atoms with Gasteiger partial charge in [-0.3, -0.25) is 0 Å². The van der Waals surface area contributed by atoms with E-state index < -0.39 is 0 Å². The normalized spacial score (nSPS) is 10.6. The summed E-state index contributed by atoms with van der Waals surface area (Å²) in [6, 6.07) is 15.4. The monoisotopic (exact) mass is 324 g/mol. The molecular weight excluding hydrogens is 304 g/mol. The summed E-state index contributed by atoms with van der Waals surface area (Å²) in [4.78, 5) is 0. The van der Waals surface area contributed by atoms with Crippen LogP contribution in [0.3, 0.4) is 0 Å². The first-order chi connectivity index (χ1) is 11.7. The highest BCUT2D eigenvalue weighted by Crippen LogP contribution is 2.21. The first-order valence-electron chi connectivity index (χ1n) is 7.99. The van der Waals surface area contributed by atoms with Crippen molar-refractivity contribution in [2.75, 3.05) is 6.61 Å². The summed E-state index contributed by atoms with van der Waals surface area (Å²) >= 11 is 0. The van der Waals surface area contributed by atoms with Crippen molar-refractivity contribution in [1.29, 1.82) is 0 Å². The Morgan fingerprint density at radius 1 is 0.875 bits per heavy atom. The molecule has 124 valence electrons. The summed E-state index contributed by atoms with van der Waals surface area (Å²) in [5.74, 6) is 2.51. The molecule has 5 nitrogen and oxygen atoms in total. The summed E-state index contributed by atoms with van der Waals surface area (Å²) in [6.45, 7) is 5.06. The molecule has 5 heteroatoms. The molecule has 0 N–H and O–H groups in total. The van der Waals surface area contributed by atoms with Crippen LogP contribution in [-0.2, 0) is 6.61 Å². The number of ether oxygens (including phenoxy) is 2. The molecule has 0 bridgehead atoms. The van der Waals surface area contributed by atoms with E-state index in [0.717, 1.165) is 23.5 Å². The molecule has 3 aromatic rings. The third kappa shape index (κ3) is 4.13. The maximum Gasteiger partial charge on any atom is 0.254 e. The first-order valence-corrected chi connectivity index (χ1v) is 7.99. The van der Waals surface area contributed by atoms with Crippen molar-refractivity contribution in [2.24, 2.45) is 0 Å². The minimum Gasteiger partial charge on any atom is -0.494 e. The molecule has 0 unspecified atom stereocenters. The van der Waals surface area contributed by atoms with Crippen molar-refractivity contribution in [1.82, 2.24) is 10.2 Å². The minimum atomic E-state index is 0.230. The average molecular weight is 324 g/mol. The van der Waals surface area contributed by atoms with E-state index in [1.807, 2.05) is 55.5 Å². The largest absolute Gasteiger partial charge is 0.494 e. The lowest BCUT2D eigenvalue weighted by atomic mass is 10.1. The lowest BCUT2D eigenvalue weighted by Crippen LogP contribution is -1.97. The molecule has 1 aromatic heterocycles. The van der Waals surface area contributed by atoms with Crippen LogP contribution in [0.25, 0.3) is 11.5 Å². The third-order valence-electron chi connectivity index (χ3n) is 3.42. The highest BCUT2D eigenvalue weighted by molar-refractivity contribution is 5.52. The van der Waals surface area contributed by atoms with Crippen molar-refractivity contribution in [3.8, 4) is 23.0 Å². The van der Waals surface area contributed by atoms with Crippen LogP contribution in [0, 0.1) is 6.92 Å². The molecule has 0 radical (unpaired) electrons. The van der Waals surface area contributed by atoms with E-state index in [-0.39, 0.29) is 6.61 Å². The maximum atomic E-state index is 5.67. The van der Waals surface area contributed by atoms with Crippen LogP contribution >= 0.6 is 0 Å². The summed E-state index contributed by atoms with van der Waals surface area (Å²) in [7, 11) is 0. The van der Waals surface area contributed by atoms with Gasteiger partial charge in [0.2, 0.25) is 5.89 Å². The summed E-state index contributed by atoms with van der Waals surface area (Å²) < 4.78 is 16.8. The quantitative estimate of drug-likeness (QED) is 0.644. The molecule has 24 heavy (non-hydrogen) atoms. The molecule has 0 aliphatic carbocycles. The standard InChI is InChI=1S/C19H20N2O3/c1-3-12-22-16-8-10-17(11-9-16)23-13-18-20-21-19(24-18)15-6-4-14(2)5-7-15/h4-11H,3,12-13H2,1-2H3. The fourth-order valence-corrected chi connectivity index (χ4v) is 2.12. The van der Waals surface area contributed by atoms with Crippen LogP contribution in [0.2, 0.25) is 0 Å². The van der Waals surface area contributed by atoms with Gasteiger partial charge >= 0.3 is 0 Å². The fraction of sp³-hybridized carbons (Fsp3) is 0.263. The fourth-order valence-electron chi connectivity index (χ4n) is 2.12. The van der Waals surface area contributed by atoms with Crippen molar-refractivity contribution >= 4 is 0 Å². The number of rotatable bonds is 7. The van der Waals surface area contributed by atoms with E-state index in [1.54, 1.807) is 0 Å². The Balaban J connectivity index is 1.58. The van der Waals surface area contributed by atoms with Gasteiger partial charge in [-0.05, 0) is 49.7 Å². The molecule has 0 atom stereocenters. The van der Waals surface area contributed by atoms with Crippen LogP contribution in [0.1, 0.15) is 24.8 Å². The van der Waals surface area contributed by atoms with Gasteiger partial charge in [-0.25, -0.2) is 0 Å². The van der Waals surface area contributed by atoms with Gasteiger partial charge in [-0.15, -0.1) is 10.2 Å². The number of benzene rings is 2. The second-order valence-electron chi connectivity index (χ2n) is 5.48. The molecule has 1 heterocycles. The Morgan fingerprint density at radius 2 is 1.54 bits per heavy atom. The molecule has 0 aliphatic rings. The first kappa shape index (κ1) is 16.1. The molecule has 0 aliphatic heterocycles. The van der Waals surface area contributed by atoms with Gasteiger partial charge < -0.3 is 13.9 Å². The highest BCUT2D eigenvalue weighted by atomic mass is 16.5. The lowest BCUT2D eigenvalue weighted by molar-refractivity contribution is 0.263. The number of hydrogen-bond acceptors (Lipinski definition) is 5. The van der Waals surface area contributed by atoms with Crippen LogP contribution < -0.4 is 9.47 Å². The van der Waals surface area contributed by atoms with Gasteiger partial charge in [0.15, 0.2) is 6.61 Å². The molecular formula is C19H20N2O3. The minimum absolute atomic E-state index is 0.230. The third-order valence-corrected chi connectivity index (χ3v) is 3.42. The Labute approximate surface area is 141 Å². The van der Waals surface area contributed by atoms with Crippen LogP contribution in [0.5, 0.6) is 11.5 Å². The van der Waals surface area contributed by atoms with E-state index in [4.69, 9.17) is 13.9 Å². The molecule has 0 spiro atoms.